The molecule has 1 saturated heterocycles. The molecule has 4 aromatic rings. The summed E-state index contributed by atoms with van der Waals surface area (Å²) >= 11 is 6.10. The number of hydrogen-bond donors (Lipinski definition) is 2. The molecule has 0 aliphatic carbocycles. The third-order valence-electron chi connectivity index (χ3n) is 5.37. The highest BCUT2D eigenvalue weighted by Gasteiger charge is 2.15. The fourth-order valence-electron chi connectivity index (χ4n) is 3.79. The maximum Gasteiger partial charge on any atom is 0.248 e. The number of rotatable bonds is 7. The summed E-state index contributed by atoms with van der Waals surface area (Å²) in [6.07, 6.45) is 2.57. The second kappa shape index (κ2) is 8.97. The first-order chi connectivity index (χ1) is 15.7. The molecule has 1 fully saturated rings. The first-order valence-corrected chi connectivity index (χ1v) is 10.9. The van der Waals surface area contributed by atoms with Gasteiger partial charge >= 0.3 is 0 Å². The van der Waals surface area contributed by atoms with Crippen LogP contribution in [0.5, 0.6) is 5.75 Å². The van der Waals surface area contributed by atoms with E-state index in [1.165, 1.54) is 30.6 Å². The van der Waals surface area contributed by atoms with Gasteiger partial charge in [0.15, 0.2) is 5.82 Å². The van der Waals surface area contributed by atoms with Gasteiger partial charge in [-0.25, -0.2) is 4.98 Å². The number of ether oxygens (including phenoxy) is 1. The zero-order valence-corrected chi connectivity index (χ0v) is 18.2. The van der Waals surface area contributed by atoms with Crippen molar-refractivity contribution in [3.63, 3.8) is 0 Å². The van der Waals surface area contributed by atoms with Crippen molar-refractivity contribution >= 4 is 40.1 Å². The second-order valence-corrected chi connectivity index (χ2v) is 7.92. The number of anilines is 3. The molecule has 1 aliphatic heterocycles. The molecule has 2 aromatic carbocycles. The molecule has 3 N–H and O–H groups in total. The molecule has 0 saturated carbocycles. The van der Waals surface area contributed by atoms with Crippen molar-refractivity contribution in [2.75, 3.05) is 37.3 Å². The summed E-state index contributed by atoms with van der Waals surface area (Å²) in [5.41, 5.74) is 7.64. The number of fused-ring (bicyclic) bond motifs is 1. The van der Waals surface area contributed by atoms with E-state index in [0.29, 0.717) is 23.9 Å². The molecular weight excluding hydrogens is 428 g/mol. The summed E-state index contributed by atoms with van der Waals surface area (Å²) in [5, 5.41) is 8.52. The Balaban J connectivity index is 1.29. The highest BCUT2D eigenvalue weighted by atomic mass is 35.5. The zero-order chi connectivity index (χ0) is 21.9. The number of nitrogens with zero attached hydrogens (tertiary/aromatic N) is 6. The lowest BCUT2D eigenvalue weighted by molar-refractivity contribution is 0.238. The lowest BCUT2D eigenvalue weighted by Crippen LogP contribution is -2.25. The van der Waals surface area contributed by atoms with Gasteiger partial charge in [-0.15, -0.1) is 5.10 Å². The summed E-state index contributed by atoms with van der Waals surface area (Å²) < 4.78 is 7.31. The van der Waals surface area contributed by atoms with Crippen LogP contribution < -0.4 is 15.8 Å². The molecular formula is C22H23ClN8O. The third-order valence-corrected chi connectivity index (χ3v) is 5.54. The van der Waals surface area contributed by atoms with Crippen molar-refractivity contribution < 1.29 is 4.74 Å². The molecule has 0 bridgehead atoms. The minimum atomic E-state index is 0.114. The lowest BCUT2D eigenvalue weighted by Gasteiger charge is -2.15. The summed E-state index contributed by atoms with van der Waals surface area (Å²) in [6.45, 7) is 3.99. The van der Waals surface area contributed by atoms with Crippen LogP contribution in [0.2, 0.25) is 5.28 Å². The van der Waals surface area contributed by atoms with Crippen LogP contribution in [0.3, 0.4) is 0 Å². The predicted molar refractivity (Wildman–Crippen MR) is 125 cm³/mol. The Labute approximate surface area is 190 Å². The number of para-hydroxylation sites is 1. The van der Waals surface area contributed by atoms with Crippen LogP contribution in [0.4, 0.5) is 17.6 Å². The van der Waals surface area contributed by atoms with Gasteiger partial charge in [0, 0.05) is 17.6 Å². The quantitative estimate of drug-likeness (QED) is 0.411. The van der Waals surface area contributed by atoms with E-state index in [1.807, 2.05) is 48.5 Å². The Morgan fingerprint density at radius 1 is 1.00 bits per heavy atom. The van der Waals surface area contributed by atoms with Gasteiger partial charge < -0.3 is 15.8 Å². The fraction of sp³-hybridized carbons (Fsp3) is 0.273. The van der Waals surface area contributed by atoms with Crippen molar-refractivity contribution in [3.8, 4) is 11.6 Å². The Kier molecular flexibility index (Phi) is 5.74. The monoisotopic (exact) mass is 450 g/mol. The minimum absolute atomic E-state index is 0.114. The Morgan fingerprint density at radius 3 is 2.59 bits per heavy atom. The summed E-state index contributed by atoms with van der Waals surface area (Å²) in [7, 11) is 0. The van der Waals surface area contributed by atoms with Crippen molar-refractivity contribution in [2.45, 2.75) is 12.8 Å². The van der Waals surface area contributed by atoms with Crippen LogP contribution in [0, 0.1) is 0 Å². The first-order valence-electron chi connectivity index (χ1n) is 10.5. The van der Waals surface area contributed by atoms with Gasteiger partial charge in [0.2, 0.25) is 17.2 Å². The molecule has 0 atom stereocenters. The summed E-state index contributed by atoms with van der Waals surface area (Å²) in [4.78, 5) is 15.3. The topological polar surface area (TPSA) is 107 Å². The summed E-state index contributed by atoms with van der Waals surface area (Å²) in [6, 6.07) is 15.2. The zero-order valence-electron chi connectivity index (χ0n) is 17.4. The van der Waals surface area contributed by atoms with Crippen molar-refractivity contribution in [2.24, 2.45) is 0 Å². The first kappa shape index (κ1) is 20.5. The van der Waals surface area contributed by atoms with E-state index in [9.17, 15) is 0 Å². The maximum absolute atomic E-state index is 6.12. The smallest absolute Gasteiger partial charge is 0.248 e. The fourth-order valence-corrected chi connectivity index (χ4v) is 3.96. The molecule has 0 unspecified atom stereocenters. The Hall–Kier alpha value is -3.43. The standard InChI is InChI=1S/C22H23ClN8O/c23-20-26-18-6-2-1-5-17(18)19(27-20)31-21(24)28-22(29-31)25-15-7-9-16(10-8-15)32-14-13-30-11-3-4-12-30/h1-2,5-10H,3-4,11-14H2,(H3,24,25,28,29). The molecule has 164 valence electrons. The number of nitrogens with two attached hydrogens (primary N) is 1. The normalized spacial score (nSPS) is 14.2. The third kappa shape index (κ3) is 4.44. The highest BCUT2D eigenvalue weighted by molar-refractivity contribution is 6.28. The van der Waals surface area contributed by atoms with Gasteiger partial charge in [0.1, 0.15) is 12.4 Å². The molecule has 32 heavy (non-hydrogen) atoms. The van der Waals surface area contributed by atoms with Gasteiger partial charge in [-0.3, -0.25) is 4.90 Å². The van der Waals surface area contributed by atoms with Crippen LogP contribution in [-0.2, 0) is 0 Å². The number of halogens is 1. The average molecular weight is 451 g/mol. The van der Waals surface area contributed by atoms with Gasteiger partial charge in [0.25, 0.3) is 0 Å². The van der Waals surface area contributed by atoms with Crippen LogP contribution in [0.15, 0.2) is 48.5 Å². The molecule has 2 aromatic heterocycles. The largest absolute Gasteiger partial charge is 0.492 e. The molecule has 1 aliphatic rings. The van der Waals surface area contributed by atoms with Gasteiger partial charge in [-0.1, -0.05) is 12.1 Å². The van der Waals surface area contributed by atoms with Crippen LogP contribution in [-0.4, -0.2) is 55.9 Å². The van der Waals surface area contributed by atoms with E-state index in [4.69, 9.17) is 22.1 Å². The van der Waals surface area contributed by atoms with Crippen LogP contribution in [0.25, 0.3) is 16.7 Å². The van der Waals surface area contributed by atoms with Gasteiger partial charge in [-0.2, -0.15) is 14.6 Å². The maximum atomic E-state index is 6.12. The number of hydrogen-bond acceptors (Lipinski definition) is 8. The molecule has 0 radical (unpaired) electrons. The molecule has 0 amide bonds. The van der Waals surface area contributed by atoms with E-state index in [-0.39, 0.29) is 11.2 Å². The highest BCUT2D eigenvalue weighted by Crippen LogP contribution is 2.24. The lowest BCUT2D eigenvalue weighted by atomic mass is 10.2. The molecule has 9 nitrogen and oxygen atoms in total. The molecule has 0 spiro atoms. The van der Waals surface area contributed by atoms with Crippen molar-refractivity contribution in [1.29, 1.82) is 0 Å². The second-order valence-electron chi connectivity index (χ2n) is 7.59. The SMILES string of the molecule is Nc1nc(Nc2ccc(OCCN3CCCC3)cc2)nn1-c1nc(Cl)nc2ccccc12. The Bertz CT molecular complexity index is 1220. The molecule has 5 rings (SSSR count). The van der Waals surface area contributed by atoms with Gasteiger partial charge in [-0.05, 0) is 73.9 Å². The number of likely N-dealkylation sites (tertiary alicyclic amines) is 1. The number of nitrogen functional groups attached to an aromatic ring is 1. The summed E-state index contributed by atoms with van der Waals surface area (Å²) in [5.74, 6) is 1.84. The van der Waals surface area contributed by atoms with Crippen LogP contribution >= 0.6 is 11.6 Å². The van der Waals surface area contributed by atoms with E-state index in [0.717, 1.165) is 23.4 Å². The number of nitrogens with one attached hydrogen (secondary N) is 1. The van der Waals surface area contributed by atoms with Gasteiger partial charge in [0.05, 0.1) is 5.52 Å². The number of benzene rings is 2. The Morgan fingerprint density at radius 2 is 1.78 bits per heavy atom. The van der Waals surface area contributed by atoms with Crippen molar-refractivity contribution in [3.05, 3.63) is 53.8 Å². The van der Waals surface area contributed by atoms with E-state index in [1.54, 1.807) is 0 Å². The van der Waals surface area contributed by atoms with E-state index >= 15 is 0 Å². The predicted octanol–water partition coefficient (Wildman–Crippen LogP) is 3.66. The minimum Gasteiger partial charge on any atom is -0.492 e. The van der Waals surface area contributed by atoms with E-state index < -0.39 is 0 Å². The average Bonchev–Trinajstić information content (AvgIpc) is 3.44. The number of aromatic nitrogens is 5. The van der Waals surface area contributed by atoms with Crippen molar-refractivity contribution in [1.82, 2.24) is 29.6 Å². The van der Waals surface area contributed by atoms with E-state index in [2.05, 4.69) is 30.3 Å². The van der Waals surface area contributed by atoms with Crippen LogP contribution in [0.1, 0.15) is 12.8 Å². The molecule has 10 heteroatoms. The molecule has 3 heterocycles.